The molecular weight excluding hydrogens is 222 g/mol. The van der Waals surface area contributed by atoms with E-state index in [2.05, 4.69) is 51.2 Å². The zero-order valence-corrected chi connectivity index (χ0v) is 12.4. The summed E-state index contributed by atoms with van der Waals surface area (Å²) >= 11 is 0. The third kappa shape index (κ3) is 5.19. The first kappa shape index (κ1) is 15.2. The van der Waals surface area contributed by atoms with Crippen LogP contribution in [0.4, 0.5) is 0 Å². The molecule has 18 heavy (non-hydrogen) atoms. The summed E-state index contributed by atoms with van der Waals surface area (Å²) in [4.78, 5) is 0. The SMILES string of the molecule is CNC(CCOC(C)C)Cc1ccc(C)c(C)c1. The highest BCUT2D eigenvalue weighted by molar-refractivity contribution is 5.30. The van der Waals surface area contributed by atoms with Crippen molar-refractivity contribution >= 4 is 0 Å². The topological polar surface area (TPSA) is 21.3 Å². The predicted octanol–water partition coefficient (Wildman–Crippen LogP) is 3.25. The molecule has 0 spiro atoms. The van der Waals surface area contributed by atoms with Gasteiger partial charge < -0.3 is 10.1 Å². The van der Waals surface area contributed by atoms with Crippen molar-refractivity contribution in [1.29, 1.82) is 0 Å². The highest BCUT2D eigenvalue weighted by atomic mass is 16.5. The third-order valence-electron chi connectivity index (χ3n) is 3.38. The van der Waals surface area contributed by atoms with Gasteiger partial charge in [-0.15, -0.1) is 0 Å². The summed E-state index contributed by atoms with van der Waals surface area (Å²) in [6.45, 7) is 9.32. The number of aryl methyl sites for hydroxylation is 2. The van der Waals surface area contributed by atoms with E-state index in [-0.39, 0.29) is 0 Å². The number of nitrogens with one attached hydrogen (secondary N) is 1. The quantitative estimate of drug-likeness (QED) is 0.801. The van der Waals surface area contributed by atoms with Crippen LogP contribution in [-0.2, 0) is 11.2 Å². The van der Waals surface area contributed by atoms with Gasteiger partial charge in [-0.1, -0.05) is 18.2 Å². The fourth-order valence-electron chi connectivity index (χ4n) is 2.01. The van der Waals surface area contributed by atoms with Gasteiger partial charge in [0.15, 0.2) is 0 Å². The van der Waals surface area contributed by atoms with E-state index in [4.69, 9.17) is 4.74 Å². The Morgan fingerprint density at radius 2 is 1.89 bits per heavy atom. The largest absolute Gasteiger partial charge is 0.379 e. The molecule has 0 saturated carbocycles. The second-order valence-electron chi connectivity index (χ2n) is 5.32. The maximum absolute atomic E-state index is 5.61. The van der Waals surface area contributed by atoms with E-state index < -0.39 is 0 Å². The number of benzene rings is 1. The van der Waals surface area contributed by atoms with Gasteiger partial charge in [0.2, 0.25) is 0 Å². The molecule has 0 heterocycles. The number of hydrogen-bond acceptors (Lipinski definition) is 2. The Kier molecular flexibility index (Phi) is 6.37. The van der Waals surface area contributed by atoms with Gasteiger partial charge >= 0.3 is 0 Å². The Bertz CT molecular complexity index is 360. The van der Waals surface area contributed by atoms with Crippen LogP contribution in [0.2, 0.25) is 0 Å². The van der Waals surface area contributed by atoms with Gasteiger partial charge in [0.25, 0.3) is 0 Å². The summed E-state index contributed by atoms with van der Waals surface area (Å²) in [5.41, 5.74) is 4.14. The molecule has 1 N–H and O–H groups in total. The molecule has 0 aliphatic rings. The monoisotopic (exact) mass is 249 g/mol. The predicted molar refractivity (Wildman–Crippen MR) is 78.2 cm³/mol. The average molecular weight is 249 g/mol. The van der Waals surface area contributed by atoms with Crippen molar-refractivity contribution in [3.8, 4) is 0 Å². The molecule has 1 rings (SSSR count). The second-order valence-corrected chi connectivity index (χ2v) is 5.32. The average Bonchev–Trinajstić information content (AvgIpc) is 2.32. The van der Waals surface area contributed by atoms with Crippen molar-refractivity contribution in [1.82, 2.24) is 5.32 Å². The van der Waals surface area contributed by atoms with Crippen LogP contribution < -0.4 is 5.32 Å². The second kappa shape index (κ2) is 7.55. The molecule has 102 valence electrons. The Morgan fingerprint density at radius 3 is 2.44 bits per heavy atom. The number of ether oxygens (including phenoxy) is 1. The minimum atomic E-state index is 0.323. The van der Waals surface area contributed by atoms with Crippen LogP contribution in [0, 0.1) is 13.8 Å². The van der Waals surface area contributed by atoms with E-state index in [9.17, 15) is 0 Å². The number of rotatable bonds is 7. The van der Waals surface area contributed by atoms with Crippen LogP contribution in [0.3, 0.4) is 0 Å². The fraction of sp³-hybridized carbons (Fsp3) is 0.625. The lowest BCUT2D eigenvalue weighted by Gasteiger charge is -2.18. The maximum Gasteiger partial charge on any atom is 0.0518 e. The van der Waals surface area contributed by atoms with E-state index in [1.165, 1.54) is 16.7 Å². The molecular formula is C16H27NO. The van der Waals surface area contributed by atoms with Crippen molar-refractivity contribution < 1.29 is 4.74 Å². The Hall–Kier alpha value is -0.860. The van der Waals surface area contributed by atoms with Crippen LogP contribution in [0.1, 0.15) is 37.0 Å². The zero-order chi connectivity index (χ0) is 13.5. The summed E-state index contributed by atoms with van der Waals surface area (Å²) in [7, 11) is 2.03. The molecule has 1 aromatic carbocycles. The van der Waals surface area contributed by atoms with Gasteiger partial charge in [-0.05, 0) is 64.3 Å². The van der Waals surface area contributed by atoms with Crippen LogP contribution in [0.25, 0.3) is 0 Å². The molecule has 2 nitrogen and oxygen atoms in total. The van der Waals surface area contributed by atoms with Crippen molar-refractivity contribution in [2.45, 2.75) is 52.7 Å². The fourth-order valence-corrected chi connectivity index (χ4v) is 2.01. The minimum absolute atomic E-state index is 0.323. The van der Waals surface area contributed by atoms with E-state index >= 15 is 0 Å². The molecule has 1 atom stereocenters. The molecule has 0 aliphatic carbocycles. The van der Waals surface area contributed by atoms with Crippen LogP contribution in [-0.4, -0.2) is 25.8 Å². The van der Waals surface area contributed by atoms with E-state index in [1.54, 1.807) is 0 Å². The zero-order valence-electron chi connectivity index (χ0n) is 12.4. The summed E-state index contributed by atoms with van der Waals surface area (Å²) in [5, 5.41) is 3.38. The van der Waals surface area contributed by atoms with E-state index in [0.717, 1.165) is 19.4 Å². The van der Waals surface area contributed by atoms with Crippen LogP contribution in [0.15, 0.2) is 18.2 Å². The lowest BCUT2D eigenvalue weighted by atomic mass is 9.99. The lowest BCUT2D eigenvalue weighted by Crippen LogP contribution is -2.29. The van der Waals surface area contributed by atoms with Gasteiger partial charge in [-0.3, -0.25) is 0 Å². The molecule has 2 heteroatoms. The molecule has 1 unspecified atom stereocenters. The molecule has 0 aromatic heterocycles. The van der Waals surface area contributed by atoms with E-state index in [1.807, 2.05) is 7.05 Å². The Labute approximate surface area is 112 Å². The van der Waals surface area contributed by atoms with Crippen LogP contribution in [0.5, 0.6) is 0 Å². The van der Waals surface area contributed by atoms with Gasteiger partial charge in [-0.2, -0.15) is 0 Å². The Morgan fingerprint density at radius 1 is 1.17 bits per heavy atom. The minimum Gasteiger partial charge on any atom is -0.379 e. The first-order chi connectivity index (χ1) is 8.52. The molecule has 0 saturated heterocycles. The van der Waals surface area contributed by atoms with Gasteiger partial charge in [0.05, 0.1) is 6.10 Å². The van der Waals surface area contributed by atoms with Crippen molar-refractivity contribution in [2.24, 2.45) is 0 Å². The van der Waals surface area contributed by atoms with Crippen molar-refractivity contribution in [2.75, 3.05) is 13.7 Å². The summed E-state index contributed by atoms with van der Waals surface area (Å²) < 4.78 is 5.61. The molecule has 0 bridgehead atoms. The smallest absolute Gasteiger partial charge is 0.0518 e. The van der Waals surface area contributed by atoms with Crippen molar-refractivity contribution in [3.05, 3.63) is 34.9 Å². The molecule has 0 aliphatic heterocycles. The van der Waals surface area contributed by atoms with Crippen molar-refractivity contribution in [3.63, 3.8) is 0 Å². The molecule has 0 radical (unpaired) electrons. The van der Waals surface area contributed by atoms with Gasteiger partial charge in [0, 0.05) is 12.6 Å². The summed E-state index contributed by atoms with van der Waals surface area (Å²) in [6, 6.07) is 7.23. The standard InChI is InChI=1S/C16H27NO/c1-12(2)18-9-8-16(17-5)11-15-7-6-13(3)14(4)10-15/h6-7,10,12,16-17H,8-9,11H2,1-5H3. The summed E-state index contributed by atoms with van der Waals surface area (Å²) in [6.07, 6.45) is 2.45. The van der Waals surface area contributed by atoms with E-state index in [0.29, 0.717) is 12.1 Å². The maximum atomic E-state index is 5.61. The third-order valence-corrected chi connectivity index (χ3v) is 3.38. The highest BCUT2D eigenvalue weighted by Gasteiger charge is 2.08. The van der Waals surface area contributed by atoms with Crippen LogP contribution >= 0.6 is 0 Å². The molecule has 0 fully saturated rings. The lowest BCUT2D eigenvalue weighted by molar-refractivity contribution is 0.0720. The van der Waals surface area contributed by atoms with Gasteiger partial charge in [-0.25, -0.2) is 0 Å². The van der Waals surface area contributed by atoms with Gasteiger partial charge in [0.1, 0.15) is 0 Å². The first-order valence-corrected chi connectivity index (χ1v) is 6.88. The number of likely N-dealkylation sites (N-methyl/N-ethyl adjacent to an activating group) is 1. The number of hydrogen-bond donors (Lipinski definition) is 1. The highest BCUT2D eigenvalue weighted by Crippen LogP contribution is 2.12. The molecule has 0 amide bonds. The first-order valence-electron chi connectivity index (χ1n) is 6.88. The molecule has 1 aromatic rings. The Balaban J connectivity index is 2.49. The normalized spacial score (nSPS) is 13.0. The summed E-state index contributed by atoms with van der Waals surface area (Å²) in [5.74, 6) is 0.